The summed E-state index contributed by atoms with van der Waals surface area (Å²) in [4.78, 5) is 23.9. The molecule has 9 heteroatoms. The molecule has 38 heavy (non-hydrogen) atoms. The number of nitrogens with one attached hydrogen (secondary N) is 3. The molecule has 0 bridgehead atoms. The summed E-state index contributed by atoms with van der Waals surface area (Å²) in [6.07, 6.45) is 4.57. The van der Waals surface area contributed by atoms with Crippen molar-refractivity contribution in [3.8, 4) is 0 Å². The summed E-state index contributed by atoms with van der Waals surface area (Å²) in [5, 5.41) is 9.70. The Morgan fingerprint density at radius 2 is 1.92 bits per heavy atom. The minimum absolute atomic E-state index is 0.0136. The molecule has 2 aromatic carbocycles. The number of carbonyl (C=O) groups excluding carboxylic acids is 1. The highest BCUT2D eigenvalue weighted by Crippen LogP contribution is 2.40. The molecule has 0 atom stereocenters. The normalized spacial score (nSPS) is 17.2. The molecule has 0 saturated carbocycles. The van der Waals surface area contributed by atoms with Gasteiger partial charge < -0.3 is 20.9 Å². The van der Waals surface area contributed by atoms with E-state index in [1.165, 1.54) is 5.56 Å². The number of anilines is 4. The SMILES string of the molecule is CC1(C)C(=O)Nc2cccc(CNc3nc(Nc4ccc(C5CCN(CCCF)CC5)cc4)ncc3Br)c21. The van der Waals surface area contributed by atoms with E-state index < -0.39 is 5.41 Å². The van der Waals surface area contributed by atoms with Gasteiger partial charge >= 0.3 is 0 Å². The second-order valence-electron chi connectivity index (χ2n) is 10.6. The van der Waals surface area contributed by atoms with Crippen LogP contribution in [0.2, 0.25) is 0 Å². The minimum atomic E-state index is -0.582. The predicted molar refractivity (Wildman–Crippen MR) is 154 cm³/mol. The lowest BCUT2D eigenvalue weighted by Crippen LogP contribution is -2.33. The number of benzene rings is 2. The van der Waals surface area contributed by atoms with Gasteiger partial charge in [0.1, 0.15) is 5.82 Å². The molecule has 0 aliphatic carbocycles. The molecule has 3 aromatic rings. The van der Waals surface area contributed by atoms with E-state index in [0.29, 0.717) is 30.6 Å². The molecule has 2 aliphatic heterocycles. The number of piperidine rings is 1. The van der Waals surface area contributed by atoms with Crippen LogP contribution in [0.5, 0.6) is 0 Å². The Bertz CT molecular complexity index is 1290. The molecule has 1 fully saturated rings. The largest absolute Gasteiger partial charge is 0.365 e. The van der Waals surface area contributed by atoms with Crippen molar-refractivity contribution in [2.75, 3.05) is 42.3 Å². The Morgan fingerprint density at radius 1 is 1.16 bits per heavy atom. The second-order valence-corrected chi connectivity index (χ2v) is 11.4. The maximum atomic E-state index is 12.5. The summed E-state index contributed by atoms with van der Waals surface area (Å²) >= 11 is 3.55. The fourth-order valence-corrected chi connectivity index (χ4v) is 5.78. The summed E-state index contributed by atoms with van der Waals surface area (Å²) < 4.78 is 13.2. The van der Waals surface area contributed by atoms with Crippen LogP contribution in [0.25, 0.3) is 0 Å². The molecule has 2 aliphatic rings. The van der Waals surface area contributed by atoms with Crippen molar-refractivity contribution in [2.24, 2.45) is 0 Å². The molecule has 7 nitrogen and oxygen atoms in total. The molecule has 200 valence electrons. The van der Waals surface area contributed by atoms with Crippen molar-refractivity contribution in [1.82, 2.24) is 14.9 Å². The molecule has 0 radical (unpaired) electrons. The van der Waals surface area contributed by atoms with E-state index in [1.54, 1.807) is 6.20 Å². The average molecular weight is 582 g/mol. The third kappa shape index (κ3) is 5.68. The van der Waals surface area contributed by atoms with Gasteiger partial charge in [0.05, 0.1) is 16.6 Å². The van der Waals surface area contributed by atoms with Crippen LogP contribution < -0.4 is 16.0 Å². The molecule has 1 saturated heterocycles. The van der Waals surface area contributed by atoms with Gasteiger partial charge in [0.15, 0.2) is 0 Å². The lowest BCUT2D eigenvalue weighted by molar-refractivity contribution is -0.119. The Kier molecular flexibility index (Phi) is 7.95. The van der Waals surface area contributed by atoms with Crippen LogP contribution in [-0.4, -0.2) is 47.1 Å². The Balaban J connectivity index is 1.22. The van der Waals surface area contributed by atoms with Gasteiger partial charge in [-0.05, 0) is 103 Å². The maximum absolute atomic E-state index is 12.5. The van der Waals surface area contributed by atoms with E-state index in [4.69, 9.17) is 0 Å². The number of halogens is 2. The van der Waals surface area contributed by atoms with E-state index in [1.807, 2.05) is 32.0 Å². The lowest BCUT2D eigenvalue weighted by Gasteiger charge is -2.32. The van der Waals surface area contributed by atoms with Crippen LogP contribution in [0, 0.1) is 0 Å². The molecular formula is C29H34BrFN6O. The average Bonchev–Trinajstić information content (AvgIpc) is 3.16. The highest BCUT2D eigenvalue weighted by Gasteiger charge is 2.39. The van der Waals surface area contributed by atoms with Crippen molar-refractivity contribution < 1.29 is 9.18 Å². The van der Waals surface area contributed by atoms with Gasteiger partial charge in [-0.25, -0.2) is 4.98 Å². The van der Waals surface area contributed by atoms with Crippen LogP contribution in [0.15, 0.2) is 53.1 Å². The smallest absolute Gasteiger partial charge is 0.234 e. The van der Waals surface area contributed by atoms with Crippen molar-refractivity contribution in [3.63, 3.8) is 0 Å². The predicted octanol–water partition coefficient (Wildman–Crippen LogP) is 6.36. The van der Waals surface area contributed by atoms with E-state index in [-0.39, 0.29) is 12.6 Å². The number of carbonyl (C=O) groups is 1. The standard InChI is InChI=1S/C29H34BrFN6O/c1-29(2)25-21(5-3-6-24(25)35-27(29)38)17-32-26-23(30)18-33-28(36-26)34-22-9-7-19(8-10-22)20-11-15-37(16-12-20)14-4-13-31/h3,5-10,18,20H,4,11-17H2,1-2H3,(H,35,38)(H2,32,33,34,36). The molecule has 3 N–H and O–H groups in total. The summed E-state index contributed by atoms with van der Waals surface area (Å²) in [6.45, 7) is 7.11. The molecule has 0 spiro atoms. The topological polar surface area (TPSA) is 82.2 Å². The monoisotopic (exact) mass is 580 g/mol. The lowest BCUT2D eigenvalue weighted by atomic mass is 9.83. The summed E-state index contributed by atoms with van der Waals surface area (Å²) in [7, 11) is 0. The zero-order valence-corrected chi connectivity index (χ0v) is 23.4. The first-order chi connectivity index (χ1) is 18.3. The zero-order chi connectivity index (χ0) is 26.7. The minimum Gasteiger partial charge on any atom is -0.365 e. The molecule has 0 unspecified atom stereocenters. The highest BCUT2D eigenvalue weighted by molar-refractivity contribution is 9.10. The number of likely N-dealkylation sites (tertiary alicyclic amines) is 1. The number of alkyl halides is 1. The Labute approximate surface area is 231 Å². The van der Waals surface area contributed by atoms with Gasteiger partial charge in [-0.15, -0.1) is 0 Å². The number of rotatable bonds is 9. The van der Waals surface area contributed by atoms with Gasteiger partial charge in [-0.1, -0.05) is 24.3 Å². The fourth-order valence-electron chi connectivity index (χ4n) is 5.45. The van der Waals surface area contributed by atoms with E-state index >= 15 is 0 Å². The Morgan fingerprint density at radius 3 is 2.66 bits per heavy atom. The Hall–Kier alpha value is -3.04. The molecule has 3 heterocycles. The quantitative estimate of drug-likeness (QED) is 0.273. The molecule has 5 rings (SSSR count). The van der Waals surface area contributed by atoms with Crippen LogP contribution >= 0.6 is 15.9 Å². The van der Waals surface area contributed by atoms with Gasteiger partial charge in [0.2, 0.25) is 11.9 Å². The van der Waals surface area contributed by atoms with Crippen molar-refractivity contribution in [2.45, 2.75) is 51.0 Å². The number of hydrogen-bond donors (Lipinski definition) is 3. The highest BCUT2D eigenvalue weighted by atomic mass is 79.9. The van der Waals surface area contributed by atoms with Gasteiger partial charge in [0, 0.05) is 30.7 Å². The summed E-state index contributed by atoms with van der Waals surface area (Å²) in [5.74, 6) is 1.73. The number of amides is 1. The van der Waals surface area contributed by atoms with Crippen LogP contribution in [-0.2, 0) is 16.8 Å². The van der Waals surface area contributed by atoms with Gasteiger partial charge in [-0.2, -0.15) is 4.98 Å². The number of nitrogens with zero attached hydrogens (tertiary/aromatic N) is 3. The van der Waals surface area contributed by atoms with Crippen molar-refractivity contribution >= 4 is 45.0 Å². The van der Waals surface area contributed by atoms with Crippen LogP contribution in [0.4, 0.5) is 27.5 Å². The van der Waals surface area contributed by atoms with Gasteiger partial charge in [0.25, 0.3) is 0 Å². The van der Waals surface area contributed by atoms with Crippen LogP contribution in [0.3, 0.4) is 0 Å². The first-order valence-corrected chi connectivity index (χ1v) is 14.0. The van der Waals surface area contributed by atoms with Crippen molar-refractivity contribution in [1.29, 1.82) is 0 Å². The number of aromatic nitrogens is 2. The summed E-state index contributed by atoms with van der Waals surface area (Å²) in [5.41, 5.74) is 4.62. The third-order valence-electron chi connectivity index (χ3n) is 7.62. The molecule has 1 amide bonds. The third-order valence-corrected chi connectivity index (χ3v) is 8.20. The zero-order valence-electron chi connectivity index (χ0n) is 21.9. The van der Waals surface area contributed by atoms with Gasteiger partial charge in [-0.3, -0.25) is 9.18 Å². The first kappa shape index (κ1) is 26.6. The van der Waals surface area contributed by atoms with E-state index in [0.717, 1.165) is 59.5 Å². The fraction of sp³-hybridized carbons (Fsp3) is 0.414. The summed E-state index contributed by atoms with van der Waals surface area (Å²) in [6, 6.07) is 14.4. The van der Waals surface area contributed by atoms with E-state index in [2.05, 4.69) is 71.0 Å². The van der Waals surface area contributed by atoms with Crippen LogP contribution in [0.1, 0.15) is 55.7 Å². The first-order valence-electron chi connectivity index (χ1n) is 13.2. The number of hydrogen-bond acceptors (Lipinski definition) is 6. The molecule has 1 aromatic heterocycles. The maximum Gasteiger partial charge on any atom is 0.234 e. The second kappa shape index (κ2) is 11.4. The molecular weight excluding hydrogens is 547 g/mol. The van der Waals surface area contributed by atoms with Crippen molar-refractivity contribution in [3.05, 3.63) is 69.8 Å². The van der Waals surface area contributed by atoms with E-state index in [9.17, 15) is 9.18 Å². The number of fused-ring (bicyclic) bond motifs is 1.